The summed E-state index contributed by atoms with van der Waals surface area (Å²) in [5.74, 6) is 1.48. The highest BCUT2D eigenvalue weighted by Crippen LogP contribution is 2.45. The van der Waals surface area contributed by atoms with Gasteiger partial charge in [-0.3, -0.25) is 0 Å². The second-order valence-electron chi connectivity index (χ2n) is 15.7. The van der Waals surface area contributed by atoms with Crippen molar-refractivity contribution < 1.29 is 4.42 Å². The van der Waals surface area contributed by atoms with Gasteiger partial charge in [0, 0.05) is 43.9 Å². The van der Waals surface area contributed by atoms with Gasteiger partial charge in [0.1, 0.15) is 23.2 Å². The van der Waals surface area contributed by atoms with E-state index in [0.717, 1.165) is 72.4 Å². The molecule has 62 heavy (non-hydrogen) atoms. The van der Waals surface area contributed by atoms with Gasteiger partial charge in [0.05, 0.1) is 11.0 Å². The Morgan fingerprint density at radius 3 is 1.89 bits per heavy atom. The van der Waals surface area contributed by atoms with E-state index in [1.165, 1.54) is 32.9 Å². The predicted octanol–water partition coefficient (Wildman–Crippen LogP) is 14.2. The molecule has 12 rings (SSSR count). The van der Waals surface area contributed by atoms with E-state index in [-0.39, 0.29) is 6.17 Å². The summed E-state index contributed by atoms with van der Waals surface area (Å²) in [5.41, 5.74) is 15.0. The third-order valence-electron chi connectivity index (χ3n) is 12.1. The van der Waals surface area contributed by atoms with E-state index in [1.54, 1.807) is 0 Å². The Balaban J connectivity index is 0.959. The molecule has 1 N–H and O–H groups in total. The highest BCUT2D eigenvalue weighted by Gasteiger charge is 2.23. The van der Waals surface area contributed by atoms with Crippen LogP contribution in [0.1, 0.15) is 22.9 Å². The third kappa shape index (κ3) is 6.02. The average Bonchev–Trinajstić information content (AvgIpc) is 3.90. The van der Waals surface area contributed by atoms with Crippen LogP contribution in [0.4, 0.5) is 0 Å². The molecule has 5 nitrogen and oxygen atoms in total. The Bertz CT molecular complexity index is 3550. The molecule has 0 amide bonds. The number of benzene rings is 9. The number of fused-ring (bicyclic) bond motifs is 6. The number of amidine groups is 2. The van der Waals surface area contributed by atoms with Crippen molar-refractivity contribution in [3.8, 4) is 39.1 Å². The number of aliphatic imine (C=N–C) groups is 2. The summed E-state index contributed by atoms with van der Waals surface area (Å²) in [7, 11) is 0. The number of hydrogen-bond donors (Lipinski definition) is 1. The van der Waals surface area contributed by atoms with E-state index in [4.69, 9.17) is 14.4 Å². The number of aromatic nitrogens is 1. The van der Waals surface area contributed by atoms with Crippen LogP contribution in [0.3, 0.4) is 0 Å². The molecular weight excluding hydrogens is 757 g/mol. The first kappa shape index (κ1) is 35.6. The van der Waals surface area contributed by atoms with Crippen LogP contribution in [0.25, 0.3) is 82.8 Å². The molecule has 1 unspecified atom stereocenters. The van der Waals surface area contributed by atoms with Crippen LogP contribution in [0.5, 0.6) is 0 Å². The molecule has 1 aliphatic rings. The van der Waals surface area contributed by atoms with Crippen molar-refractivity contribution in [2.24, 2.45) is 9.98 Å². The molecule has 2 aromatic heterocycles. The van der Waals surface area contributed by atoms with Gasteiger partial charge in [0.2, 0.25) is 0 Å². The van der Waals surface area contributed by atoms with E-state index >= 15 is 0 Å². The molecule has 9 aromatic carbocycles. The van der Waals surface area contributed by atoms with Crippen LogP contribution in [-0.4, -0.2) is 16.2 Å². The number of nitrogens with zero attached hydrogens (tertiary/aromatic N) is 3. The number of furan rings is 1. The van der Waals surface area contributed by atoms with Gasteiger partial charge < -0.3 is 14.3 Å². The maximum Gasteiger partial charge on any atom is 0.159 e. The number of nitrogens with one attached hydrogen (secondary N) is 1. The Kier molecular flexibility index (Phi) is 8.49. The van der Waals surface area contributed by atoms with E-state index in [9.17, 15) is 0 Å². The SMILES string of the molecule is c1ccc(C2=NC(c3ccccc3)NC(c3cccc(-c4ccc5c(c4)oc4cccc(-c6ccccc6-c6cccc7c8ccccc8n(-c8ccccc8)c67)c45)c3)=N2)cc1. The third-order valence-corrected chi connectivity index (χ3v) is 12.1. The standard InChI is InChI=1S/C57H38N4O/c1-4-17-37(18-5-1)55-58-56(38-19-6-2-7-20-38)60-57(59-55)41-22-14-21-39(35-41)40-33-34-49-52(36-40)62-51-32-16-28-46(53(49)51)43-25-10-11-26-44(43)47-29-15-30-48-45-27-12-13-31-50(45)61(54(47)48)42-23-8-3-9-24-42/h1-36,55H,(H,58,59,60). The lowest BCUT2D eigenvalue weighted by Crippen LogP contribution is -2.33. The lowest BCUT2D eigenvalue weighted by molar-refractivity contribution is 0.669. The van der Waals surface area contributed by atoms with Crippen molar-refractivity contribution in [1.29, 1.82) is 0 Å². The number of rotatable bonds is 7. The van der Waals surface area contributed by atoms with Gasteiger partial charge in [-0.15, -0.1) is 0 Å². The molecule has 0 fully saturated rings. The molecule has 0 saturated carbocycles. The fourth-order valence-electron chi connectivity index (χ4n) is 9.23. The maximum atomic E-state index is 6.73. The van der Waals surface area contributed by atoms with E-state index in [0.29, 0.717) is 5.84 Å². The Hall–Kier alpha value is -8.28. The van der Waals surface area contributed by atoms with Crippen molar-refractivity contribution in [3.05, 3.63) is 235 Å². The molecule has 0 spiro atoms. The first-order chi connectivity index (χ1) is 30.7. The van der Waals surface area contributed by atoms with E-state index in [1.807, 2.05) is 36.4 Å². The highest BCUT2D eigenvalue weighted by molar-refractivity contribution is 6.18. The summed E-state index contributed by atoms with van der Waals surface area (Å²) in [6.45, 7) is 0. The van der Waals surface area contributed by atoms with E-state index < -0.39 is 0 Å². The first-order valence-electron chi connectivity index (χ1n) is 21.0. The normalized spacial score (nSPS) is 14.0. The van der Waals surface area contributed by atoms with Gasteiger partial charge in [-0.25, -0.2) is 9.98 Å². The second-order valence-corrected chi connectivity index (χ2v) is 15.7. The number of hydrogen-bond acceptors (Lipinski definition) is 4. The van der Waals surface area contributed by atoms with Gasteiger partial charge >= 0.3 is 0 Å². The molecular formula is C57H38N4O. The summed E-state index contributed by atoms with van der Waals surface area (Å²) >= 11 is 0. The molecule has 292 valence electrons. The molecule has 0 aliphatic carbocycles. The van der Waals surface area contributed by atoms with Crippen molar-refractivity contribution in [2.75, 3.05) is 0 Å². The Morgan fingerprint density at radius 1 is 0.435 bits per heavy atom. The van der Waals surface area contributed by atoms with Gasteiger partial charge in [-0.05, 0) is 75.8 Å². The Morgan fingerprint density at radius 2 is 1.05 bits per heavy atom. The highest BCUT2D eigenvalue weighted by atomic mass is 16.3. The van der Waals surface area contributed by atoms with Crippen molar-refractivity contribution in [2.45, 2.75) is 6.17 Å². The monoisotopic (exact) mass is 794 g/mol. The van der Waals surface area contributed by atoms with Crippen LogP contribution < -0.4 is 5.32 Å². The largest absolute Gasteiger partial charge is 0.456 e. The van der Waals surface area contributed by atoms with Crippen LogP contribution >= 0.6 is 0 Å². The molecule has 5 heteroatoms. The van der Waals surface area contributed by atoms with Crippen LogP contribution in [0, 0.1) is 0 Å². The molecule has 1 aliphatic heterocycles. The fourth-order valence-corrected chi connectivity index (χ4v) is 9.23. The van der Waals surface area contributed by atoms with E-state index in [2.05, 4.69) is 192 Å². The molecule has 0 saturated heterocycles. The summed E-state index contributed by atoms with van der Waals surface area (Å²) in [4.78, 5) is 10.1. The van der Waals surface area contributed by atoms with Gasteiger partial charge in [0.15, 0.2) is 5.84 Å². The van der Waals surface area contributed by atoms with Crippen LogP contribution in [-0.2, 0) is 0 Å². The molecule has 3 heterocycles. The quantitative estimate of drug-likeness (QED) is 0.175. The maximum absolute atomic E-state index is 6.73. The minimum Gasteiger partial charge on any atom is -0.456 e. The topological polar surface area (TPSA) is 54.8 Å². The fraction of sp³-hybridized carbons (Fsp3) is 0.0175. The summed E-state index contributed by atoms with van der Waals surface area (Å²) < 4.78 is 9.14. The molecule has 1 atom stereocenters. The average molecular weight is 795 g/mol. The van der Waals surface area contributed by atoms with Gasteiger partial charge in [0.25, 0.3) is 0 Å². The zero-order valence-electron chi connectivity index (χ0n) is 33.6. The first-order valence-corrected chi connectivity index (χ1v) is 21.0. The summed E-state index contributed by atoms with van der Waals surface area (Å²) in [6.07, 6.45) is -0.268. The second kappa shape index (κ2) is 14.8. The van der Waals surface area contributed by atoms with Crippen molar-refractivity contribution >= 4 is 55.4 Å². The van der Waals surface area contributed by atoms with Gasteiger partial charge in [-0.2, -0.15) is 0 Å². The van der Waals surface area contributed by atoms with Crippen LogP contribution in [0.15, 0.2) is 233 Å². The lowest BCUT2D eigenvalue weighted by atomic mass is 9.90. The lowest BCUT2D eigenvalue weighted by Gasteiger charge is -2.24. The number of para-hydroxylation sites is 3. The summed E-state index contributed by atoms with van der Waals surface area (Å²) in [6, 6.07) is 76.9. The molecule has 0 radical (unpaired) electrons. The van der Waals surface area contributed by atoms with Crippen molar-refractivity contribution in [1.82, 2.24) is 9.88 Å². The minimum absolute atomic E-state index is 0.268. The van der Waals surface area contributed by atoms with Gasteiger partial charge in [-0.1, -0.05) is 176 Å². The molecule has 0 bridgehead atoms. The zero-order chi connectivity index (χ0) is 41.0. The minimum atomic E-state index is -0.268. The van der Waals surface area contributed by atoms with Crippen molar-refractivity contribution in [3.63, 3.8) is 0 Å². The summed E-state index contributed by atoms with van der Waals surface area (Å²) in [5, 5.41) is 8.27. The van der Waals surface area contributed by atoms with Crippen LogP contribution in [0.2, 0.25) is 0 Å². The Labute approximate surface area is 358 Å². The molecule has 11 aromatic rings. The smallest absolute Gasteiger partial charge is 0.159 e. The zero-order valence-corrected chi connectivity index (χ0v) is 33.6. The predicted molar refractivity (Wildman–Crippen MR) is 256 cm³/mol.